The highest BCUT2D eigenvalue weighted by atomic mass is 35.5. The van der Waals surface area contributed by atoms with Crippen molar-refractivity contribution in [2.45, 2.75) is 18.2 Å². The highest BCUT2D eigenvalue weighted by molar-refractivity contribution is 7.92. The fourth-order valence-electron chi connectivity index (χ4n) is 1.70. The van der Waals surface area contributed by atoms with E-state index < -0.39 is 22.1 Å². The predicted octanol–water partition coefficient (Wildman–Crippen LogP) is 4.35. The second-order valence-electron chi connectivity index (χ2n) is 4.61. The smallest absolute Gasteiger partial charge is 0.404 e. The van der Waals surface area contributed by atoms with Crippen molar-refractivity contribution in [3.8, 4) is 5.75 Å². The van der Waals surface area contributed by atoms with Crippen molar-refractivity contribution >= 4 is 27.3 Å². The molecule has 2 rings (SSSR count). The number of halogens is 4. The van der Waals surface area contributed by atoms with E-state index in [0.717, 1.165) is 23.8 Å². The van der Waals surface area contributed by atoms with Gasteiger partial charge in [0.15, 0.2) is 0 Å². The van der Waals surface area contributed by atoms with E-state index >= 15 is 0 Å². The van der Waals surface area contributed by atoms with E-state index in [2.05, 4.69) is 9.46 Å². The van der Waals surface area contributed by atoms with Gasteiger partial charge in [-0.15, -0.1) is 13.2 Å². The van der Waals surface area contributed by atoms with Gasteiger partial charge >= 0.3 is 6.36 Å². The Morgan fingerprint density at radius 1 is 1.09 bits per heavy atom. The van der Waals surface area contributed by atoms with Crippen LogP contribution in [-0.2, 0) is 10.0 Å². The van der Waals surface area contributed by atoms with Gasteiger partial charge in [-0.05, 0) is 37.3 Å². The molecule has 0 aromatic heterocycles. The maximum absolute atomic E-state index is 12.2. The first-order chi connectivity index (χ1) is 10.6. The zero-order valence-electron chi connectivity index (χ0n) is 11.7. The van der Waals surface area contributed by atoms with Crippen molar-refractivity contribution in [1.82, 2.24) is 0 Å². The lowest BCUT2D eigenvalue weighted by Gasteiger charge is -2.12. The van der Waals surface area contributed by atoms with Gasteiger partial charge < -0.3 is 4.74 Å². The minimum absolute atomic E-state index is 0.0186. The van der Waals surface area contributed by atoms with Gasteiger partial charge in [-0.1, -0.05) is 29.3 Å². The number of anilines is 1. The van der Waals surface area contributed by atoms with Crippen molar-refractivity contribution < 1.29 is 26.3 Å². The molecule has 9 heteroatoms. The number of alkyl halides is 3. The number of nitrogens with one attached hydrogen (secondary N) is 1. The maximum Gasteiger partial charge on any atom is 0.573 e. The lowest BCUT2D eigenvalue weighted by atomic mass is 10.2. The van der Waals surface area contributed by atoms with E-state index in [9.17, 15) is 21.6 Å². The Labute approximate surface area is 135 Å². The van der Waals surface area contributed by atoms with E-state index in [1.165, 1.54) is 12.1 Å². The van der Waals surface area contributed by atoms with Gasteiger partial charge in [-0.25, -0.2) is 8.42 Å². The maximum atomic E-state index is 12.2. The number of rotatable bonds is 4. The summed E-state index contributed by atoms with van der Waals surface area (Å²) in [4.78, 5) is 0.0230. The van der Waals surface area contributed by atoms with Crippen LogP contribution >= 0.6 is 11.6 Å². The van der Waals surface area contributed by atoms with Gasteiger partial charge in [0.05, 0.1) is 15.6 Å². The fraction of sp³-hybridized carbons (Fsp3) is 0.143. The molecule has 0 radical (unpaired) electrons. The predicted molar refractivity (Wildman–Crippen MR) is 80.1 cm³/mol. The summed E-state index contributed by atoms with van der Waals surface area (Å²) < 4.78 is 66.8. The first-order valence-electron chi connectivity index (χ1n) is 6.22. The van der Waals surface area contributed by atoms with Gasteiger partial charge in [0.2, 0.25) is 0 Å². The molecule has 1 N–H and O–H groups in total. The number of hydrogen-bond acceptors (Lipinski definition) is 3. The number of ether oxygens (including phenoxy) is 1. The molecule has 0 saturated heterocycles. The molecule has 0 aliphatic heterocycles. The molecule has 0 aliphatic carbocycles. The van der Waals surface area contributed by atoms with Crippen LogP contribution in [0.4, 0.5) is 18.9 Å². The normalized spacial score (nSPS) is 12.0. The Balaban J connectivity index is 2.23. The molecule has 0 bridgehead atoms. The van der Waals surface area contributed by atoms with Crippen LogP contribution in [0.5, 0.6) is 5.75 Å². The molecule has 0 atom stereocenters. The van der Waals surface area contributed by atoms with Crippen LogP contribution in [0.2, 0.25) is 5.02 Å². The summed E-state index contributed by atoms with van der Waals surface area (Å²) in [5.41, 5.74) is 0.908. The third-order valence-corrected chi connectivity index (χ3v) is 4.43. The molecule has 2 aromatic carbocycles. The highest BCUT2D eigenvalue weighted by Gasteiger charge is 2.32. The SMILES string of the molecule is Cc1ccc(S(=O)(=O)Nc2ccc(OC(F)(F)F)c(Cl)c2)cc1. The second-order valence-corrected chi connectivity index (χ2v) is 6.70. The molecule has 0 amide bonds. The molecule has 0 aliphatic rings. The molecular weight excluding hydrogens is 355 g/mol. The molecule has 2 aromatic rings. The molecule has 124 valence electrons. The fourth-order valence-corrected chi connectivity index (χ4v) is 2.97. The Bertz CT molecular complexity index is 805. The summed E-state index contributed by atoms with van der Waals surface area (Å²) in [5.74, 6) is -0.613. The second kappa shape index (κ2) is 6.29. The number of benzene rings is 2. The summed E-state index contributed by atoms with van der Waals surface area (Å²) in [6.45, 7) is 1.81. The summed E-state index contributed by atoms with van der Waals surface area (Å²) in [7, 11) is -3.87. The topological polar surface area (TPSA) is 55.4 Å². The van der Waals surface area contributed by atoms with Crippen LogP contribution in [0, 0.1) is 6.92 Å². The van der Waals surface area contributed by atoms with Gasteiger partial charge in [0.1, 0.15) is 5.75 Å². The lowest BCUT2D eigenvalue weighted by Crippen LogP contribution is -2.17. The Morgan fingerprint density at radius 3 is 2.22 bits per heavy atom. The summed E-state index contributed by atoms with van der Waals surface area (Å²) >= 11 is 5.67. The average molecular weight is 366 g/mol. The van der Waals surface area contributed by atoms with E-state index in [-0.39, 0.29) is 15.6 Å². The summed E-state index contributed by atoms with van der Waals surface area (Å²) in [6, 6.07) is 9.18. The lowest BCUT2D eigenvalue weighted by molar-refractivity contribution is -0.274. The average Bonchev–Trinajstić information content (AvgIpc) is 2.41. The molecular formula is C14H11ClF3NO3S. The van der Waals surface area contributed by atoms with Gasteiger partial charge in [-0.3, -0.25) is 4.72 Å². The molecule has 0 spiro atoms. The van der Waals surface area contributed by atoms with Crippen molar-refractivity contribution in [1.29, 1.82) is 0 Å². The first-order valence-corrected chi connectivity index (χ1v) is 8.08. The molecule has 0 unspecified atom stereocenters. The van der Waals surface area contributed by atoms with E-state index in [4.69, 9.17) is 11.6 Å². The molecule has 0 saturated carbocycles. The van der Waals surface area contributed by atoms with Crippen LogP contribution in [0.25, 0.3) is 0 Å². The van der Waals surface area contributed by atoms with Crippen molar-refractivity contribution in [3.63, 3.8) is 0 Å². The van der Waals surface area contributed by atoms with Gasteiger partial charge in [-0.2, -0.15) is 0 Å². The van der Waals surface area contributed by atoms with Crippen LogP contribution in [-0.4, -0.2) is 14.8 Å². The zero-order valence-corrected chi connectivity index (χ0v) is 13.3. The van der Waals surface area contributed by atoms with Crippen LogP contribution in [0.3, 0.4) is 0 Å². The number of sulfonamides is 1. The summed E-state index contributed by atoms with van der Waals surface area (Å²) in [6.07, 6.45) is -4.88. The minimum atomic E-state index is -4.88. The quantitative estimate of drug-likeness (QED) is 0.876. The number of aryl methyl sites for hydroxylation is 1. The van der Waals surface area contributed by atoms with Gasteiger partial charge in [0, 0.05) is 0 Å². The molecule has 23 heavy (non-hydrogen) atoms. The van der Waals surface area contributed by atoms with Crippen molar-refractivity contribution in [2.24, 2.45) is 0 Å². The van der Waals surface area contributed by atoms with Crippen molar-refractivity contribution in [2.75, 3.05) is 4.72 Å². The Hall–Kier alpha value is -1.93. The van der Waals surface area contributed by atoms with E-state index in [1.54, 1.807) is 12.1 Å². The Morgan fingerprint density at radius 2 is 1.70 bits per heavy atom. The van der Waals surface area contributed by atoms with Crippen LogP contribution in [0.1, 0.15) is 5.56 Å². The highest BCUT2D eigenvalue weighted by Crippen LogP contribution is 2.32. The Kier molecular flexibility index (Phi) is 4.76. The zero-order chi connectivity index (χ0) is 17.3. The number of hydrogen-bond donors (Lipinski definition) is 1. The van der Waals surface area contributed by atoms with E-state index in [1.807, 2.05) is 6.92 Å². The summed E-state index contributed by atoms with van der Waals surface area (Å²) in [5, 5.41) is -0.369. The van der Waals surface area contributed by atoms with E-state index in [0.29, 0.717) is 0 Å². The monoisotopic (exact) mass is 365 g/mol. The van der Waals surface area contributed by atoms with Gasteiger partial charge in [0.25, 0.3) is 10.0 Å². The molecule has 0 fully saturated rings. The third-order valence-electron chi connectivity index (χ3n) is 2.74. The first kappa shape index (κ1) is 17.4. The third kappa shape index (κ3) is 4.77. The molecule has 0 heterocycles. The van der Waals surface area contributed by atoms with Crippen LogP contribution < -0.4 is 9.46 Å². The van der Waals surface area contributed by atoms with Crippen LogP contribution in [0.15, 0.2) is 47.4 Å². The van der Waals surface area contributed by atoms with Crippen molar-refractivity contribution in [3.05, 3.63) is 53.1 Å². The minimum Gasteiger partial charge on any atom is -0.404 e. The standard InChI is InChI=1S/C14H11ClF3NO3S/c1-9-2-5-11(6-3-9)23(20,21)19-10-4-7-13(12(15)8-10)22-14(16,17)18/h2-8,19H,1H3. The molecule has 4 nitrogen and oxygen atoms in total. The largest absolute Gasteiger partial charge is 0.573 e.